The van der Waals surface area contributed by atoms with E-state index >= 15 is 0 Å². The van der Waals surface area contributed by atoms with Crippen LogP contribution < -0.4 is 0 Å². The fourth-order valence-corrected chi connectivity index (χ4v) is 4.23. The van der Waals surface area contributed by atoms with Crippen molar-refractivity contribution in [2.75, 3.05) is 13.2 Å². The maximum absolute atomic E-state index is 9.30. The lowest BCUT2D eigenvalue weighted by molar-refractivity contribution is -0.120. The van der Waals surface area contributed by atoms with Crippen molar-refractivity contribution in [1.29, 1.82) is 0 Å². The quantitative estimate of drug-likeness (QED) is 0.736. The number of hydrogen-bond donors (Lipinski definition) is 1. The fraction of sp³-hybridized carbons (Fsp3) is 1.00. The summed E-state index contributed by atoms with van der Waals surface area (Å²) in [6, 6.07) is 0. The Balaban J connectivity index is 3.06. The maximum atomic E-state index is 9.30. The Labute approximate surface area is 107 Å². The van der Waals surface area contributed by atoms with E-state index in [0.717, 1.165) is 25.9 Å². The molecule has 1 aliphatic heterocycles. The van der Waals surface area contributed by atoms with E-state index in [9.17, 15) is 5.11 Å². The smallest absolute Gasteiger partial charge is 0.0765 e. The summed E-state index contributed by atoms with van der Waals surface area (Å²) in [5.41, 5.74) is 0.339. The highest BCUT2D eigenvalue weighted by atomic mass is 16.5. The normalized spacial score (nSPS) is 29.5. The molecule has 0 amide bonds. The predicted octanol–water partition coefficient (Wildman–Crippen LogP) is 3.77. The monoisotopic (exact) mass is 242 g/mol. The number of ether oxygens (including phenoxy) is 1. The van der Waals surface area contributed by atoms with Crippen molar-refractivity contribution in [3.63, 3.8) is 0 Å². The van der Waals surface area contributed by atoms with Crippen LogP contribution in [0.4, 0.5) is 0 Å². The average molecular weight is 242 g/mol. The third kappa shape index (κ3) is 2.26. The molecule has 1 rings (SSSR count). The predicted molar refractivity (Wildman–Crippen MR) is 72.1 cm³/mol. The van der Waals surface area contributed by atoms with Crippen LogP contribution in [0.5, 0.6) is 0 Å². The molecule has 1 fully saturated rings. The van der Waals surface area contributed by atoms with Crippen LogP contribution in [0, 0.1) is 11.3 Å². The zero-order valence-corrected chi connectivity index (χ0v) is 12.1. The van der Waals surface area contributed by atoms with Gasteiger partial charge in [0.15, 0.2) is 0 Å². The van der Waals surface area contributed by atoms with Crippen LogP contribution in [0.25, 0.3) is 0 Å². The fourth-order valence-electron chi connectivity index (χ4n) is 4.23. The summed E-state index contributed by atoms with van der Waals surface area (Å²) in [6.07, 6.45) is 6.64. The SMILES string of the molecule is CCC(CCO)C1(CC)OCCC1(CC)CC. The Hall–Kier alpha value is -0.0800. The minimum atomic E-state index is 0.00792. The van der Waals surface area contributed by atoms with E-state index in [0.29, 0.717) is 11.3 Å². The topological polar surface area (TPSA) is 29.5 Å². The van der Waals surface area contributed by atoms with E-state index in [-0.39, 0.29) is 12.2 Å². The zero-order valence-electron chi connectivity index (χ0n) is 12.1. The van der Waals surface area contributed by atoms with Crippen LogP contribution >= 0.6 is 0 Å². The highest BCUT2D eigenvalue weighted by molar-refractivity contribution is 5.05. The third-order valence-electron chi connectivity index (χ3n) is 5.35. The molecule has 2 nitrogen and oxygen atoms in total. The molecule has 0 radical (unpaired) electrons. The van der Waals surface area contributed by atoms with E-state index in [4.69, 9.17) is 4.74 Å². The van der Waals surface area contributed by atoms with E-state index in [1.165, 1.54) is 19.3 Å². The van der Waals surface area contributed by atoms with Gasteiger partial charge < -0.3 is 9.84 Å². The van der Waals surface area contributed by atoms with Crippen LogP contribution in [0.15, 0.2) is 0 Å². The summed E-state index contributed by atoms with van der Waals surface area (Å²) < 4.78 is 6.28. The van der Waals surface area contributed by atoms with Gasteiger partial charge in [-0.3, -0.25) is 0 Å². The van der Waals surface area contributed by atoms with Crippen molar-refractivity contribution in [3.8, 4) is 0 Å². The van der Waals surface area contributed by atoms with Gasteiger partial charge in [0.2, 0.25) is 0 Å². The van der Waals surface area contributed by atoms with Crippen LogP contribution in [0.3, 0.4) is 0 Å². The summed E-state index contributed by atoms with van der Waals surface area (Å²) in [5, 5.41) is 9.30. The molecule has 102 valence electrons. The molecule has 0 spiro atoms. The van der Waals surface area contributed by atoms with Crippen molar-refractivity contribution in [1.82, 2.24) is 0 Å². The first-order valence-electron chi connectivity index (χ1n) is 7.41. The van der Waals surface area contributed by atoms with Crippen molar-refractivity contribution >= 4 is 0 Å². The summed E-state index contributed by atoms with van der Waals surface area (Å²) >= 11 is 0. The number of hydrogen-bond acceptors (Lipinski definition) is 2. The van der Waals surface area contributed by atoms with Crippen molar-refractivity contribution in [2.24, 2.45) is 11.3 Å². The second-order valence-electron chi connectivity index (χ2n) is 5.45. The highest BCUT2D eigenvalue weighted by Crippen LogP contribution is 2.55. The summed E-state index contributed by atoms with van der Waals surface area (Å²) in [4.78, 5) is 0. The molecular weight excluding hydrogens is 212 g/mol. The molecule has 1 aliphatic rings. The molecule has 17 heavy (non-hydrogen) atoms. The van der Waals surface area contributed by atoms with E-state index in [2.05, 4.69) is 27.7 Å². The molecule has 0 aromatic heterocycles. The lowest BCUT2D eigenvalue weighted by Crippen LogP contribution is -2.50. The maximum Gasteiger partial charge on any atom is 0.0765 e. The molecule has 2 unspecified atom stereocenters. The Kier molecular flexibility index (Phi) is 5.46. The molecule has 0 saturated carbocycles. The number of aliphatic hydroxyl groups excluding tert-OH is 1. The molecule has 1 N–H and O–H groups in total. The molecule has 2 atom stereocenters. The summed E-state index contributed by atoms with van der Waals surface area (Å²) in [6.45, 7) is 10.3. The lowest BCUT2D eigenvalue weighted by Gasteiger charge is -2.48. The molecule has 0 aliphatic carbocycles. The lowest BCUT2D eigenvalue weighted by atomic mass is 9.60. The first-order chi connectivity index (χ1) is 8.16. The molecule has 2 heteroatoms. The van der Waals surface area contributed by atoms with Crippen LogP contribution in [-0.4, -0.2) is 23.9 Å². The van der Waals surface area contributed by atoms with Crippen LogP contribution in [0.2, 0.25) is 0 Å². The number of aliphatic hydroxyl groups is 1. The molecule has 0 aromatic rings. The minimum Gasteiger partial charge on any atom is -0.396 e. The van der Waals surface area contributed by atoms with E-state index in [1.807, 2.05) is 0 Å². The second kappa shape index (κ2) is 6.19. The van der Waals surface area contributed by atoms with Gasteiger partial charge in [-0.2, -0.15) is 0 Å². The Morgan fingerprint density at radius 3 is 2.18 bits per heavy atom. The van der Waals surface area contributed by atoms with E-state index in [1.54, 1.807) is 0 Å². The first kappa shape index (κ1) is 15.0. The summed E-state index contributed by atoms with van der Waals surface area (Å²) in [7, 11) is 0. The van der Waals surface area contributed by atoms with Crippen molar-refractivity contribution in [2.45, 2.75) is 71.8 Å². The highest BCUT2D eigenvalue weighted by Gasteiger charge is 2.55. The van der Waals surface area contributed by atoms with Gasteiger partial charge in [0.05, 0.1) is 5.60 Å². The zero-order chi connectivity index (χ0) is 12.9. The molecule has 0 bridgehead atoms. The van der Waals surface area contributed by atoms with E-state index < -0.39 is 0 Å². The van der Waals surface area contributed by atoms with Gasteiger partial charge in [-0.15, -0.1) is 0 Å². The minimum absolute atomic E-state index is 0.00792. The molecule has 1 heterocycles. The van der Waals surface area contributed by atoms with Gasteiger partial charge in [-0.05, 0) is 38.0 Å². The number of rotatable bonds is 7. The van der Waals surface area contributed by atoms with Crippen LogP contribution in [0.1, 0.15) is 66.2 Å². The Bertz CT molecular complexity index is 223. The van der Waals surface area contributed by atoms with Gasteiger partial charge in [-0.1, -0.05) is 34.1 Å². The average Bonchev–Trinajstić information content (AvgIpc) is 2.75. The largest absolute Gasteiger partial charge is 0.396 e. The second-order valence-corrected chi connectivity index (χ2v) is 5.45. The third-order valence-corrected chi connectivity index (χ3v) is 5.35. The summed E-state index contributed by atoms with van der Waals surface area (Å²) in [5.74, 6) is 0.500. The van der Waals surface area contributed by atoms with Crippen molar-refractivity contribution in [3.05, 3.63) is 0 Å². The van der Waals surface area contributed by atoms with Gasteiger partial charge >= 0.3 is 0 Å². The van der Waals surface area contributed by atoms with Gasteiger partial charge in [0.25, 0.3) is 0 Å². The van der Waals surface area contributed by atoms with Gasteiger partial charge in [0, 0.05) is 18.6 Å². The molecule has 0 aromatic carbocycles. The molecule has 1 saturated heterocycles. The van der Waals surface area contributed by atoms with Crippen LogP contribution in [-0.2, 0) is 4.74 Å². The molecular formula is C15H30O2. The van der Waals surface area contributed by atoms with Crippen molar-refractivity contribution < 1.29 is 9.84 Å². The standard InChI is InChI=1S/C15H30O2/c1-5-13(9-11-16)15(8-4)14(6-2,7-3)10-12-17-15/h13,16H,5-12H2,1-4H3. The Morgan fingerprint density at radius 2 is 1.76 bits per heavy atom. The first-order valence-corrected chi connectivity index (χ1v) is 7.41. The van der Waals surface area contributed by atoms with Gasteiger partial charge in [0.1, 0.15) is 0 Å². The Morgan fingerprint density at radius 1 is 1.12 bits per heavy atom. The van der Waals surface area contributed by atoms with Gasteiger partial charge in [-0.25, -0.2) is 0 Å².